The number of nitrogens with one attached hydrogen (secondary N) is 2. The van der Waals surface area contributed by atoms with E-state index >= 15 is 0 Å². The molecule has 0 heterocycles. The van der Waals surface area contributed by atoms with Crippen LogP contribution in [0, 0.1) is 0 Å². The zero-order chi connectivity index (χ0) is 24.6. The molecule has 0 unspecified atom stereocenters. The largest absolute Gasteiger partial charge is 0.444 e. The van der Waals surface area contributed by atoms with Gasteiger partial charge in [-0.1, -0.05) is 29.3 Å². The number of fused-ring (bicyclic) bond motifs is 1. The summed E-state index contributed by atoms with van der Waals surface area (Å²) in [7, 11) is 0. The molecule has 0 saturated heterocycles. The first-order valence-electron chi connectivity index (χ1n) is 10.3. The van der Waals surface area contributed by atoms with Crippen LogP contribution in [0.1, 0.15) is 49.9 Å². The van der Waals surface area contributed by atoms with Crippen LogP contribution in [-0.4, -0.2) is 29.5 Å². The highest BCUT2D eigenvalue weighted by molar-refractivity contribution is 6.34. The molecule has 0 spiro atoms. The first-order chi connectivity index (χ1) is 15.2. The number of carbonyl (C=O) groups is 1. The van der Waals surface area contributed by atoms with Crippen LogP contribution >= 0.6 is 23.2 Å². The predicted molar refractivity (Wildman–Crippen MR) is 122 cm³/mol. The minimum atomic E-state index is -4.98. The maximum Gasteiger partial charge on any atom is 0.423 e. The van der Waals surface area contributed by atoms with Crippen LogP contribution in [0.5, 0.6) is 0 Å². The highest BCUT2D eigenvalue weighted by Crippen LogP contribution is 2.41. The molecule has 180 valence electrons. The number of alkyl halides is 3. The molecule has 33 heavy (non-hydrogen) atoms. The third-order valence-corrected chi connectivity index (χ3v) is 5.71. The molecule has 0 radical (unpaired) electrons. The van der Waals surface area contributed by atoms with E-state index in [-0.39, 0.29) is 16.1 Å². The second kappa shape index (κ2) is 9.24. The van der Waals surface area contributed by atoms with Gasteiger partial charge in [0.15, 0.2) is 0 Å². The fourth-order valence-corrected chi connectivity index (χ4v) is 4.24. The number of anilines is 1. The van der Waals surface area contributed by atoms with E-state index in [1.54, 1.807) is 39.0 Å². The van der Waals surface area contributed by atoms with Crippen molar-refractivity contribution in [3.05, 3.63) is 63.1 Å². The Hall–Kier alpha value is -2.16. The van der Waals surface area contributed by atoms with Gasteiger partial charge in [-0.05, 0) is 80.6 Å². The number of benzene rings is 2. The minimum Gasteiger partial charge on any atom is -0.444 e. The van der Waals surface area contributed by atoms with Crippen molar-refractivity contribution < 1.29 is 27.8 Å². The average molecular weight is 505 g/mol. The van der Waals surface area contributed by atoms with Crippen LogP contribution in [0.25, 0.3) is 0 Å². The van der Waals surface area contributed by atoms with Crippen LogP contribution in [0.3, 0.4) is 0 Å². The van der Waals surface area contributed by atoms with Gasteiger partial charge in [-0.3, -0.25) is 0 Å². The molecule has 0 aromatic heterocycles. The summed E-state index contributed by atoms with van der Waals surface area (Å²) in [5, 5.41) is 16.1. The van der Waals surface area contributed by atoms with Crippen molar-refractivity contribution in [2.75, 3.05) is 11.9 Å². The van der Waals surface area contributed by atoms with Gasteiger partial charge in [0.25, 0.3) is 0 Å². The van der Waals surface area contributed by atoms with Crippen molar-refractivity contribution in [2.24, 2.45) is 0 Å². The molecule has 0 fully saturated rings. The molecule has 10 heteroatoms. The number of hydrogen-bond acceptors (Lipinski definition) is 4. The van der Waals surface area contributed by atoms with Gasteiger partial charge in [0.1, 0.15) is 5.60 Å². The van der Waals surface area contributed by atoms with Crippen molar-refractivity contribution in [3.63, 3.8) is 0 Å². The van der Waals surface area contributed by atoms with Crippen LogP contribution < -0.4 is 10.6 Å². The summed E-state index contributed by atoms with van der Waals surface area (Å²) >= 11 is 11.7. The topological polar surface area (TPSA) is 70.6 Å². The van der Waals surface area contributed by atoms with Crippen molar-refractivity contribution >= 4 is 35.0 Å². The lowest BCUT2D eigenvalue weighted by Crippen LogP contribution is -2.47. The highest BCUT2D eigenvalue weighted by atomic mass is 35.5. The number of aryl methyl sites for hydroxylation is 1. The number of aliphatic hydroxyl groups is 1. The van der Waals surface area contributed by atoms with Crippen molar-refractivity contribution in [3.8, 4) is 0 Å². The second-order valence-corrected chi connectivity index (χ2v) is 9.89. The van der Waals surface area contributed by atoms with Gasteiger partial charge >= 0.3 is 12.3 Å². The third kappa shape index (κ3) is 6.05. The zero-order valence-corrected chi connectivity index (χ0v) is 19.8. The maximum atomic E-state index is 13.8. The molecule has 0 bridgehead atoms. The summed E-state index contributed by atoms with van der Waals surface area (Å²) in [5.74, 6) is 0. The lowest BCUT2D eigenvalue weighted by Gasteiger charge is -2.32. The number of hydrogen-bond donors (Lipinski definition) is 3. The van der Waals surface area contributed by atoms with E-state index in [0.717, 1.165) is 23.3 Å². The normalized spacial score (nSPS) is 17.8. The third-order valence-electron chi connectivity index (χ3n) is 5.27. The number of carbonyl (C=O) groups excluding carboxylic acids is 1. The van der Waals surface area contributed by atoms with Crippen LogP contribution in [-0.2, 0) is 16.8 Å². The van der Waals surface area contributed by atoms with Gasteiger partial charge in [0.2, 0.25) is 5.60 Å². The molecule has 3 N–H and O–H groups in total. The molecule has 2 atom stereocenters. The van der Waals surface area contributed by atoms with E-state index in [4.69, 9.17) is 27.9 Å². The molecule has 1 aliphatic rings. The summed E-state index contributed by atoms with van der Waals surface area (Å²) in [5.41, 5.74) is -2.12. The first-order valence-corrected chi connectivity index (χ1v) is 11.1. The van der Waals surface area contributed by atoms with Gasteiger partial charge in [-0.15, -0.1) is 0 Å². The Balaban J connectivity index is 1.76. The number of halogens is 5. The standard InChI is InChI=1S/C23H25Cl2F3N2O3/c1-21(2,3)33-20(31)30-19-7-4-13-8-17(5-6-18(13)19)29-12-22(32,23(26,27)28)14-9-15(24)11-16(25)10-14/h5-6,8-11,19,29,32H,4,7,12H2,1-3H3,(H,30,31)/t19-,22-/m0/s1. The van der Waals surface area contributed by atoms with E-state index < -0.39 is 35.6 Å². The lowest BCUT2D eigenvalue weighted by molar-refractivity contribution is -0.260. The van der Waals surface area contributed by atoms with Crippen LogP contribution in [0.15, 0.2) is 36.4 Å². The Kier molecular flexibility index (Phi) is 7.13. The lowest BCUT2D eigenvalue weighted by atomic mass is 9.92. The molecule has 2 aromatic rings. The SMILES string of the molecule is CC(C)(C)OC(=O)N[C@H]1CCc2cc(NC[C@](O)(c3cc(Cl)cc(Cl)c3)C(F)(F)F)ccc21. The Morgan fingerprint density at radius 2 is 1.76 bits per heavy atom. The number of amides is 1. The number of ether oxygens (including phenoxy) is 1. The van der Waals surface area contributed by atoms with E-state index in [1.807, 2.05) is 0 Å². The average Bonchev–Trinajstić information content (AvgIpc) is 3.04. The zero-order valence-electron chi connectivity index (χ0n) is 18.3. The molecule has 3 rings (SSSR count). The van der Waals surface area contributed by atoms with Gasteiger partial charge in [-0.2, -0.15) is 13.2 Å². The molecule has 1 amide bonds. The predicted octanol–water partition coefficient (Wildman–Crippen LogP) is 6.37. The number of rotatable bonds is 5. The Labute approximate surface area is 200 Å². The quantitative estimate of drug-likeness (QED) is 0.442. The van der Waals surface area contributed by atoms with Gasteiger partial charge in [0.05, 0.1) is 12.6 Å². The van der Waals surface area contributed by atoms with Crippen LogP contribution in [0.2, 0.25) is 10.0 Å². The monoisotopic (exact) mass is 504 g/mol. The summed E-state index contributed by atoms with van der Waals surface area (Å²) < 4.78 is 46.8. The highest BCUT2D eigenvalue weighted by Gasteiger charge is 2.55. The van der Waals surface area contributed by atoms with E-state index in [9.17, 15) is 23.1 Å². The van der Waals surface area contributed by atoms with Crippen LogP contribution in [0.4, 0.5) is 23.7 Å². The molecule has 5 nitrogen and oxygen atoms in total. The molecule has 2 aromatic carbocycles. The summed E-state index contributed by atoms with van der Waals surface area (Å²) in [4.78, 5) is 12.1. The summed E-state index contributed by atoms with van der Waals surface area (Å²) in [6.07, 6.45) is -4.23. The second-order valence-electron chi connectivity index (χ2n) is 9.02. The first kappa shape index (κ1) is 25.5. The molecular formula is C23H25Cl2F3N2O3. The number of alkyl carbamates (subject to hydrolysis) is 1. The maximum absolute atomic E-state index is 13.8. The fourth-order valence-electron chi connectivity index (χ4n) is 3.72. The van der Waals surface area contributed by atoms with E-state index in [1.165, 1.54) is 6.07 Å². The van der Waals surface area contributed by atoms with Gasteiger partial charge < -0.3 is 20.5 Å². The smallest absolute Gasteiger partial charge is 0.423 e. The summed E-state index contributed by atoms with van der Waals surface area (Å²) in [6, 6.07) is 8.19. The Morgan fingerprint density at radius 3 is 2.33 bits per heavy atom. The minimum absolute atomic E-state index is 0.0127. The molecule has 0 saturated carbocycles. The fraction of sp³-hybridized carbons (Fsp3) is 0.435. The van der Waals surface area contributed by atoms with Crippen molar-refractivity contribution in [2.45, 2.75) is 57.0 Å². The van der Waals surface area contributed by atoms with Gasteiger partial charge in [-0.25, -0.2) is 4.79 Å². The Bertz CT molecular complexity index is 1020. The van der Waals surface area contributed by atoms with E-state index in [0.29, 0.717) is 18.5 Å². The summed E-state index contributed by atoms with van der Waals surface area (Å²) in [6.45, 7) is 4.47. The van der Waals surface area contributed by atoms with E-state index in [2.05, 4.69) is 10.6 Å². The Morgan fingerprint density at radius 1 is 1.12 bits per heavy atom. The van der Waals surface area contributed by atoms with Crippen molar-refractivity contribution in [1.82, 2.24) is 5.32 Å². The molecule has 0 aliphatic heterocycles. The molecule has 1 aliphatic carbocycles. The van der Waals surface area contributed by atoms with Gasteiger partial charge in [0, 0.05) is 15.7 Å². The van der Waals surface area contributed by atoms with Crippen molar-refractivity contribution in [1.29, 1.82) is 0 Å². The molecular weight excluding hydrogens is 480 g/mol.